The van der Waals surface area contributed by atoms with E-state index >= 15 is 0 Å². The number of likely N-dealkylation sites (N-methyl/N-ethyl adjacent to an activating group) is 2. The van der Waals surface area contributed by atoms with E-state index in [0.717, 1.165) is 51.4 Å². The average molecular weight is 293 g/mol. The zero-order valence-electron chi connectivity index (χ0n) is 13.6. The topological polar surface area (TPSA) is 9.72 Å². The Balaban J connectivity index is 2.19. The highest BCUT2D eigenvalue weighted by Gasteiger charge is 2.27. The fourth-order valence-corrected chi connectivity index (χ4v) is 3.02. The highest BCUT2D eigenvalue weighted by atomic mass is 19.1. The molecular formula is C17H28FN3. The maximum absolute atomic E-state index is 14.3. The van der Waals surface area contributed by atoms with Crippen molar-refractivity contribution in [3.05, 3.63) is 35.6 Å². The first-order valence-electron chi connectivity index (χ1n) is 8.05. The zero-order valence-corrected chi connectivity index (χ0v) is 13.6. The lowest BCUT2D eigenvalue weighted by atomic mass is 10.0. The van der Waals surface area contributed by atoms with Crippen molar-refractivity contribution in [2.45, 2.75) is 19.9 Å². The minimum Gasteiger partial charge on any atom is -0.304 e. The van der Waals surface area contributed by atoms with Crippen LogP contribution in [0.3, 0.4) is 0 Å². The lowest BCUT2D eigenvalue weighted by Crippen LogP contribution is -2.48. The Labute approximate surface area is 128 Å². The fourth-order valence-electron chi connectivity index (χ4n) is 3.02. The van der Waals surface area contributed by atoms with Crippen LogP contribution < -0.4 is 0 Å². The molecule has 0 aliphatic carbocycles. The van der Waals surface area contributed by atoms with Gasteiger partial charge in [-0.2, -0.15) is 0 Å². The van der Waals surface area contributed by atoms with E-state index in [2.05, 4.69) is 35.6 Å². The van der Waals surface area contributed by atoms with Crippen molar-refractivity contribution in [3.8, 4) is 0 Å². The van der Waals surface area contributed by atoms with E-state index < -0.39 is 0 Å². The van der Waals surface area contributed by atoms with Gasteiger partial charge in [0.15, 0.2) is 0 Å². The average Bonchev–Trinajstić information content (AvgIpc) is 2.51. The molecule has 3 nitrogen and oxygen atoms in total. The molecular weight excluding hydrogens is 265 g/mol. The summed E-state index contributed by atoms with van der Waals surface area (Å²) in [7, 11) is 2.15. The van der Waals surface area contributed by atoms with Crippen LogP contribution in [-0.4, -0.2) is 67.6 Å². The molecule has 1 aromatic carbocycles. The van der Waals surface area contributed by atoms with Gasteiger partial charge < -0.3 is 9.80 Å². The first-order valence-corrected chi connectivity index (χ1v) is 8.05. The van der Waals surface area contributed by atoms with Crippen molar-refractivity contribution in [1.29, 1.82) is 0 Å². The zero-order chi connectivity index (χ0) is 15.2. The molecule has 0 unspecified atom stereocenters. The standard InChI is InChI=1S/C17H28FN3/c1-4-20(5-2)14-17(15-8-6-7-9-16(15)18)21-12-10-19(3)11-13-21/h6-9,17H,4-5,10-14H2,1-3H3/t17-/m0/s1. The summed E-state index contributed by atoms with van der Waals surface area (Å²) >= 11 is 0. The predicted molar refractivity (Wildman–Crippen MR) is 86.0 cm³/mol. The number of rotatable bonds is 6. The van der Waals surface area contributed by atoms with E-state index in [1.165, 1.54) is 0 Å². The van der Waals surface area contributed by atoms with Crippen LogP contribution in [-0.2, 0) is 0 Å². The molecule has 0 N–H and O–H groups in total. The van der Waals surface area contributed by atoms with Gasteiger partial charge in [-0.3, -0.25) is 4.90 Å². The van der Waals surface area contributed by atoms with Crippen LogP contribution >= 0.6 is 0 Å². The minimum absolute atomic E-state index is 0.0754. The monoisotopic (exact) mass is 293 g/mol. The van der Waals surface area contributed by atoms with Gasteiger partial charge in [-0.05, 0) is 26.2 Å². The molecule has 0 saturated carbocycles. The van der Waals surface area contributed by atoms with Crippen molar-refractivity contribution in [2.24, 2.45) is 0 Å². The van der Waals surface area contributed by atoms with Gasteiger partial charge in [0.05, 0.1) is 6.04 Å². The molecule has 4 heteroatoms. The fraction of sp³-hybridized carbons (Fsp3) is 0.647. The second-order valence-electron chi connectivity index (χ2n) is 5.86. The van der Waals surface area contributed by atoms with Crippen molar-refractivity contribution in [1.82, 2.24) is 14.7 Å². The molecule has 2 rings (SSSR count). The number of hydrogen-bond acceptors (Lipinski definition) is 3. The molecule has 1 aromatic rings. The summed E-state index contributed by atoms with van der Waals surface area (Å²) in [6.45, 7) is 11.4. The smallest absolute Gasteiger partial charge is 0.128 e. The Bertz CT molecular complexity index is 426. The quantitative estimate of drug-likeness (QED) is 0.798. The molecule has 1 aliphatic heterocycles. The number of halogens is 1. The van der Waals surface area contributed by atoms with Gasteiger partial charge in [-0.1, -0.05) is 32.0 Å². The number of piperazine rings is 1. The molecule has 1 heterocycles. The summed E-state index contributed by atoms with van der Waals surface area (Å²) < 4.78 is 14.3. The number of nitrogens with zero attached hydrogens (tertiary/aromatic N) is 3. The number of hydrogen-bond donors (Lipinski definition) is 0. The van der Waals surface area contributed by atoms with Gasteiger partial charge in [0.1, 0.15) is 5.82 Å². The van der Waals surface area contributed by atoms with Gasteiger partial charge in [0, 0.05) is 38.3 Å². The lowest BCUT2D eigenvalue weighted by Gasteiger charge is -2.40. The van der Waals surface area contributed by atoms with Gasteiger partial charge in [-0.15, -0.1) is 0 Å². The SMILES string of the molecule is CCN(CC)C[C@@H](c1ccccc1F)N1CCN(C)CC1. The molecule has 1 saturated heterocycles. The molecule has 21 heavy (non-hydrogen) atoms. The third-order valence-corrected chi connectivity index (χ3v) is 4.57. The summed E-state index contributed by atoms with van der Waals surface area (Å²) in [6.07, 6.45) is 0. The highest BCUT2D eigenvalue weighted by molar-refractivity contribution is 5.22. The van der Waals surface area contributed by atoms with E-state index in [9.17, 15) is 4.39 Å². The molecule has 1 aliphatic rings. The molecule has 0 amide bonds. The van der Waals surface area contributed by atoms with Crippen LogP contribution in [0.15, 0.2) is 24.3 Å². The Morgan fingerprint density at radius 3 is 2.29 bits per heavy atom. The van der Waals surface area contributed by atoms with Crippen LogP contribution in [0.2, 0.25) is 0 Å². The normalized spacial score (nSPS) is 19.1. The molecule has 1 fully saturated rings. The largest absolute Gasteiger partial charge is 0.304 e. The Kier molecular flexibility index (Phi) is 6.15. The molecule has 118 valence electrons. The summed E-state index contributed by atoms with van der Waals surface area (Å²) in [5, 5.41) is 0. The summed E-state index contributed by atoms with van der Waals surface area (Å²) in [4.78, 5) is 7.17. The lowest BCUT2D eigenvalue weighted by molar-refractivity contribution is 0.0859. The number of benzene rings is 1. The van der Waals surface area contributed by atoms with E-state index in [0.29, 0.717) is 0 Å². The van der Waals surface area contributed by atoms with Gasteiger partial charge in [0.25, 0.3) is 0 Å². The highest BCUT2D eigenvalue weighted by Crippen LogP contribution is 2.25. The third kappa shape index (κ3) is 4.25. The van der Waals surface area contributed by atoms with Crippen molar-refractivity contribution in [2.75, 3.05) is 52.9 Å². The van der Waals surface area contributed by atoms with Crippen LogP contribution in [0.4, 0.5) is 4.39 Å². The summed E-state index contributed by atoms with van der Waals surface area (Å²) in [5.74, 6) is -0.0754. The predicted octanol–water partition coefficient (Wildman–Crippen LogP) is 2.46. The third-order valence-electron chi connectivity index (χ3n) is 4.57. The first kappa shape index (κ1) is 16.4. The van der Waals surface area contributed by atoms with Crippen molar-refractivity contribution >= 4 is 0 Å². The first-order chi connectivity index (χ1) is 10.2. The van der Waals surface area contributed by atoms with Gasteiger partial charge >= 0.3 is 0 Å². The molecule has 0 radical (unpaired) electrons. The second kappa shape index (κ2) is 7.87. The van der Waals surface area contributed by atoms with Gasteiger partial charge in [0.2, 0.25) is 0 Å². The molecule has 0 spiro atoms. The second-order valence-corrected chi connectivity index (χ2v) is 5.86. The van der Waals surface area contributed by atoms with Gasteiger partial charge in [-0.25, -0.2) is 4.39 Å². The van der Waals surface area contributed by atoms with E-state index in [1.807, 2.05) is 12.1 Å². The molecule has 0 bridgehead atoms. The van der Waals surface area contributed by atoms with E-state index in [-0.39, 0.29) is 11.9 Å². The van der Waals surface area contributed by atoms with Crippen molar-refractivity contribution in [3.63, 3.8) is 0 Å². The Morgan fingerprint density at radius 1 is 1.10 bits per heavy atom. The Hall–Kier alpha value is -0.970. The van der Waals surface area contributed by atoms with E-state index in [1.54, 1.807) is 12.1 Å². The van der Waals surface area contributed by atoms with Crippen LogP contribution in [0.25, 0.3) is 0 Å². The van der Waals surface area contributed by atoms with Crippen LogP contribution in [0.5, 0.6) is 0 Å². The van der Waals surface area contributed by atoms with Crippen LogP contribution in [0.1, 0.15) is 25.5 Å². The van der Waals surface area contributed by atoms with Crippen LogP contribution in [0, 0.1) is 5.82 Å². The molecule has 0 aromatic heterocycles. The maximum atomic E-state index is 14.3. The van der Waals surface area contributed by atoms with E-state index in [4.69, 9.17) is 0 Å². The Morgan fingerprint density at radius 2 is 1.71 bits per heavy atom. The minimum atomic E-state index is -0.0754. The maximum Gasteiger partial charge on any atom is 0.128 e. The van der Waals surface area contributed by atoms with Crippen molar-refractivity contribution < 1.29 is 4.39 Å². The summed E-state index contributed by atoms with van der Waals surface area (Å²) in [5.41, 5.74) is 0.842. The summed E-state index contributed by atoms with van der Waals surface area (Å²) in [6, 6.07) is 7.41. The molecule has 1 atom stereocenters.